The first-order valence-corrected chi connectivity index (χ1v) is 12.9. The smallest absolute Gasteiger partial charge is 0.268 e. The first kappa shape index (κ1) is 23.5. The molecule has 1 atom stereocenters. The van der Waals surface area contributed by atoms with Crippen molar-refractivity contribution in [1.29, 1.82) is 0 Å². The van der Waals surface area contributed by atoms with Gasteiger partial charge in [-0.3, -0.25) is 14.6 Å². The van der Waals surface area contributed by atoms with Gasteiger partial charge in [-0.1, -0.05) is 6.07 Å². The minimum atomic E-state index is -4.47. The third-order valence-corrected chi connectivity index (χ3v) is 7.82. The van der Waals surface area contributed by atoms with E-state index in [4.69, 9.17) is 0 Å². The Bertz CT molecular complexity index is 1250. The van der Waals surface area contributed by atoms with E-state index in [1.165, 1.54) is 29.2 Å². The van der Waals surface area contributed by atoms with E-state index < -0.39 is 26.6 Å². The molecule has 7 nitrogen and oxygen atoms in total. The molecule has 0 saturated carbocycles. The molecule has 1 fully saturated rings. The van der Waals surface area contributed by atoms with E-state index in [0.717, 1.165) is 30.4 Å². The van der Waals surface area contributed by atoms with E-state index in [1.54, 1.807) is 7.05 Å². The summed E-state index contributed by atoms with van der Waals surface area (Å²) in [5, 5.41) is 1.44. The first-order valence-electron chi connectivity index (χ1n) is 10.4. The zero-order valence-corrected chi connectivity index (χ0v) is 20.2. The summed E-state index contributed by atoms with van der Waals surface area (Å²) in [5.41, 5.74) is 3.78. The molecule has 176 valence electrons. The van der Waals surface area contributed by atoms with E-state index >= 15 is 4.39 Å². The molecule has 0 radical (unpaired) electrons. The molecular weight excluding hydrogens is 468 g/mol. The van der Waals surface area contributed by atoms with E-state index in [-0.39, 0.29) is 17.4 Å². The van der Waals surface area contributed by atoms with Crippen LogP contribution in [-0.4, -0.2) is 49.5 Å². The summed E-state index contributed by atoms with van der Waals surface area (Å²) in [4.78, 5) is 11.4. The second-order valence-electron chi connectivity index (χ2n) is 8.18. The van der Waals surface area contributed by atoms with Crippen LogP contribution in [0.1, 0.15) is 23.4 Å². The summed E-state index contributed by atoms with van der Waals surface area (Å²) in [6.07, 6.45) is 0.816. The number of pyridine rings is 1. The number of hydrogen-bond acceptors (Lipinski definition) is 7. The Morgan fingerprint density at radius 3 is 2.79 bits per heavy atom. The van der Waals surface area contributed by atoms with Crippen molar-refractivity contribution in [1.82, 2.24) is 14.9 Å². The predicted molar refractivity (Wildman–Crippen MR) is 125 cm³/mol. The topological polar surface area (TPSA) is 78.4 Å². The molecule has 11 heteroatoms. The van der Waals surface area contributed by atoms with Crippen LogP contribution < -0.4 is 9.62 Å². The largest absolute Gasteiger partial charge is 0.370 e. The van der Waals surface area contributed by atoms with Crippen LogP contribution in [0.3, 0.4) is 0 Å². The summed E-state index contributed by atoms with van der Waals surface area (Å²) in [5.74, 6) is -2.22. The van der Waals surface area contributed by atoms with Gasteiger partial charge in [-0.05, 0) is 38.5 Å². The average molecular weight is 494 g/mol. The third-order valence-electron chi connectivity index (χ3n) is 5.84. The van der Waals surface area contributed by atoms with E-state index in [1.807, 2.05) is 30.0 Å². The molecule has 3 aromatic rings. The van der Waals surface area contributed by atoms with Gasteiger partial charge in [0.2, 0.25) is 0 Å². The highest BCUT2D eigenvalue weighted by Crippen LogP contribution is 2.33. The van der Waals surface area contributed by atoms with Crippen LogP contribution in [0.5, 0.6) is 0 Å². The van der Waals surface area contributed by atoms with Gasteiger partial charge in [0.1, 0.15) is 5.82 Å². The number of halogens is 2. The van der Waals surface area contributed by atoms with Crippen molar-refractivity contribution in [2.45, 2.75) is 37.8 Å². The Kier molecular flexibility index (Phi) is 6.64. The number of anilines is 2. The fourth-order valence-electron chi connectivity index (χ4n) is 4.13. The van der Waals surface area contributed by atoms with Crippen molar-refractivity contribution in [3.05, 3.63) is 63.7 Å². The zero-order valence-electron chi connectivity index (χ0n) is 18.5. The molecule has 4 rings (SSSR count). The Morgan fingerprint density at radius 2 is 2.09 bits per heavy atom. The molecule has 1 saturated heterocycles. The van der Waals surface area contributed by atoms with Crippen LogP contribution in [0.15, 0.2) is 40.1 Å². The van der Waals surface area contributed by atoms with Gasteiger partial charge in [0.15, 0.2) is 16.5 Å². The summed E-state index contributed by atoms with van der Waals surface area (Å²) < 4.78 is 57.5. The van der Waals surface area contributed by atoms with Crippen LogP contribution in [0.4, 0.5) is 20.3 Å². The monoisotopic (exact) mass is 493 g/mol. The first-order chi connectivity index (χ1) is 15.7. The van der Waals surface area contributed by atoms with Gasteiger partial charge in [-0.25, -0.2) is 22.2 Å². The highest BCUT2D eigenvalue weighted by atomic mass is 32.2. The number of nitrogens with one attached hydrogen (secondary N) is 1. The van der Waals surface area contributed by atoms with Crippen molar-refractivity contribution in [2.24, 2.45) is 0 Å². The van der Waals surface area contributed by atoms with Gasteiger partial charge in [-0.2, -0.15) is 0 Å². The van der Waals surface area contributed by atoms with Crippen molar-refractivity contribution in [3.8, 4) is 0 Å². The molecule has 3 heterocycles. The number of rotatable bonds is 7. The average Bonchev–Trinajstić information content (AvgIpc) is 3.42. The maximum Gasteiger partial charge on any atom is 0.268 e. The molecule has 1 aliphatic rings. The Hall–Kier alpha value is -2.63. The van der Waals surface area contributed by atoms with Crippen LogP contribution in [0, 0.1) is 25.5 Å². The van der Waals surface area contributed by atoms with Gasteiger partial charge in [0.05, 0.1) is 11.2 Å². The SMILES string of the molecule is Cc1cccc(CN2CC[C@H](N(C)c3cc(F)c(S(=O)(=O)Nc4cscn4)c(F)c3C)C2)n1. The summed E-state index contributed by atoms with van der Waals surface area (Å²) in [6, 6.07) is 7.04. The van der Waals surface area contributed by atoms with Gasteiger partial charge < -0.3 is 4.90 Å². The molecule has 0 unspecified atom stereocenters. The molecule has 1 N–H and O–H groups in total. The molecule has 1 aliphatic heterocycles. The molecule has 0 spiro atoms. The molecule has 0 bridgehead atoms. The number of sulfonamides is 1. The fourth-order valence-corrected chi connectivity index (χ4v) is 5.88. The molecule has 0 amide bonds. The van der Waals surface area contributed by atoms with Crippen molar-refractivity contribution in [3.63, 3.8) is 0 Å². The lowest BCUT2D eigenvalue weighted by Gasteiger charge is -2.29. The third kappa shape index (κ3) is 4.99. The van der Waals surface area contributed by atoms with Crippen molar-refractivity contribution >= 4 is 32.9 Å². The lowest BCUT2D eigenvalue weighted by atomic mass is 10.1. The van der Waals surface area contributed by atoms with Gasteiger partial charge >= 0.3 is 0 Å². The quantitative estimate of drug-likeness (QED) is 0.537. The van der Waals surface area contributed by atoms with Crippen LogP contribution in [-0.2, 0) is 16.6 Å². The number of thiazole rings is 1. The minimum absolute atomic E-state index is 0.0202. The van der Waals surface area contributed by atoms with Crippen molar-refractivity contribution < 1.29 is 17.2 Å². The number of nitrogens with zero attached hydrogens (tertiary/aromatic N) is 4. The Labute approximate surface area is 196 Å². The second-order valence-corrected chi connectivity index (χ2v) is 10.5. The molecule has 1 aromatic carbocycles. The lowest BCUT2D eigenvalue weighted by molar-refractivity contribution is 0.321. The van der Waals surface area contributed by atoms with Crippen LogP contribution in [0.2, 0.25) is 0 Å². The van der Waals surface area contributed by atoms with E-state index in [0.29, 0.717) is 18.8 Å². The van der Waals surface area contributed by atoms with E-state index in [2.05, 4.69) is 19.6 Å². The number of hydrogen-bond donors (Lipinski definition) is 1. The molecule has 2 aromatic heterocycles. The number of aromatic nitrogens is 2. The van der Waals surface area contributed by atoms with Gasteiger partial charge in [0.25, 0.3) is 10.0 Å². The summed E-state index contributed by atoms with van der Waals surface area (Å²) in [7, 11) is -2.69. The normalized spacial score (nSPS) is 16.8. The standard InChI is InChI=1S/C22H25F2N5O2S2/c1-14-5-4-6-16(26-14)10-29-8-7-17(11-29)28(3)19-9-18(23)22(21(24)15(19)2)33(30,31)27-20-12-32-13-25-20/h4-6,9,12-13,17,27H,7-8,10-11H2,1-3H3/t17-/m0/s1. The van der Waals surface area contributed by atoms with Crippen molar-refractivity contribution in [2.75, 3.05) is 29.8 Å². The predicted octanol–water partition coefficient (Wildman–Crippen LogP) is 3.94. The van der Waals surface area contributed by atoms with Crippen LogP contribution >= 0.6 is 11.3 Å². The van der Waals surface area contributed by atoms with Gasteiger partial charge in [-0.15, -0.1) is 11.3 Å². The minimum Gasteiger partial charge on any atom is -0.370 e. The summed E-state index contributed by atoms with van der Waals surface area (Å²) in [6.45, 7) is 5.66. The highest BCUT2D eigenvalue weighted by Gasteiger charge is 2.32. The number of likely N-dealkylation sites (tertiary alicyclic amines) is 1. The fraction of sp³-hybridized carbons (Fsp3) is 0.364. The second kappa shape index (κ2) is 9.32. The number of likely N-dealkylation sites (N-methyl/N-ethyl adjacent to an activating group) is 1. The molecular formula is C22H25F2N5O2S2. The van der Waals surface area contributed by atoms with Crippen LogP contribution in [0.25, 0.3) is 0 Å². The number of aryl methyl sites for hydroxylation is 1. The maximum absolute atomic E-state index is 15.2. The Morgan fingerprint density at radius 1 is 1.30 bits per heavy atom. The molecule has 0 aliphatic carbocycles. The zero-order chi connectivity index (χ0) is 23.8. The number of benzene rings is 1. The molecule has 33 heavy (non-hydrogen) atoms. The summed E-state index contributed by atoms with van der Waals surface area (Å²) >= 11 is 1.17. The lowest BCUT2D eigenvalue weighted by Crippen LogP contribution is -2.35. The van der Waals surface area contributed by atoms with E-state index in [9.17, 15) is 12.8 Å². The highest BCUT2D eigenvalue weighted by molar-refractivity contribution is 7.92. The Balaban J connectivity index is 1.53. The maximum atomic E-state index is 15.2. The van der Waals surface area contributed by atoms with Gasteiger partial charge in [0, 0.05) is 55.0 Å².